The summed E-state index contributed by atoms with van der Waals surface area (Å²) in [7, 11) is 5.98. The summed E-state index contributed by atoms with van der Waals surface area (Å²) in [6, 6.07) is 10.8. The molecule has 0 aliphatic rings. The monoisotopic (exact) mass is 334 g/mol. The molecule has 2 N–H and O–H groups in total. The van der Waals surface area contributed by atoms with Gasteiger partial charge in [0.2, 0.25) is 0 Å². The number of likely N-dealkylation sites (N-methyl/N-ethyl adjacent to an activating group) is 1. The second kappa shape index (κ2) is 11.9. The lowest BCUT2D eigenvalue weighted by Crippen LogP contribution is -2.42. The number of nitrogens with zero attached hydrogens (tertiary/aromatic N) is 2. The van der Waals surface area contributed by atoms with E-state index in [9.17, 15) is 0 Å². The zero-order valence-corrected chi connectivity index (χ0v) is 15.9. The Hall–Kier alpha value is -1.59. The summed E-state index contributed by atoms with van der Waals surface area (Å²) < 4.78 is 5.62. The molecule has 1 unspecified atom stereocenters. The van der Waals surface area contributed by atoms with E-state index in [1.807, 2.05) is 6.07 Å². The van der Waals surface area contributed by atoms with Crippen molar-refractivity contribution in [2.45, 2.75) is 26.3 Å². The Kier molecular flexibility index (Phi) is 10.1. The zero-order valence-electron chi connectivity index (χ0n) is 15.9. The number of guanidine groups is 1. The van der Waals surface area contributed by atoms with Gasteiger partial charge < -0.3 is 20.3 Å². The number of hydrogen-bond donors (Lipinski definition) is 2. The van der Waals surface area contributed by atoms with Crippen LogP contribution in [0.5, 0.6) is 0 Å². The molecule has 24 heavy (non-hydrogen) atoms. The third-order valence-corrected chi connectivity index (χ3v) is 3.87. The van der Waals surface area contributed by atoms with Crippen molar-refractivity contribution in [1.29, 1.82) is 0 Å². The minimum atomic E-state index is 0.298. The lowest BCUT2D eigenvalue weighted by atomic mass is 10.1. The second-order valence-corrected chi connectivity index (χ2v) is 6.56. The summed E-state index contributed by atoms with van der Waals surface area (Å²) in [6.07, 6.45) is 1.11. The summed E-state index contributed by atoms with van der Waals surface area (Å²) in [5.41, 5.74) is 1.29. The van der Waals surface area contributed by atoms with Crippen molar-refractivity contribution >= 4 is 5.96 Å². The Morgan fingerprint density at radius 1 is 1.12 bits per heavy atom. The third-order valence-electron chi connectivity index (χ3n) is 3.87. The fourth-order valence-corrected chi connectivity index (χ4v) is 2.35. The molecule has 0 fully saturated rings. The molecule has 0 saturated carbocycles. The van der Waals surface area contributed by atoms with Gasteiger partial charge in [-0.3, -0.25) is 4.99 Å². The minimum Gasteiger partial charge on any atom is -0.380 e. The molecular formula is C19H34N4O. The predicted molar refractivity (Wildman–Crippen MR) is 103 cm³/mol. The molecule has 0 heterocycles. The first-order valence-electron chi connectivity index (χ1n) is 8.78. The van der Waals surface area contributed by atoms with Crippen molar-refractivity contribution in [2.24, 2.45) is 10.9 Å². The van der Waals surface area contributed by atoms with Crippen molar-refractivity contribution in [3.63, 3.8) is 0 Å². The standard InChI is InChI=1S/C19H34N4O/c1-16(2)11-13-24-14-12-21-19(20-3)22-15-18(23(4)5)17-9-7-6-8-10-17/h6-10,16,18H,11-15H2,1-5H3,(H2,20,21,22). The maximum Gasteiger partial charge on any atom is 0.191 e. The van der Waals surface area contributed by atoms with Crippen molar-refractivity contribution in [3.05, 3.63) is 35.9 Å². The van der Waals surface area contributed by atoms with Crippen molar-refractivity contribution in [2.75, 3.05) is 47.4 Å². The molecule has 0 aromatic heterocycles. The molecule has 0 aliphatic carbocycles. The Bertz CT molecular complexity index is 460. The molecular weight excluding hydrogens is 300 g/mol. The average molecular weight is 335 g/mol. The lowest BCUT2D eigenvalue weighted by Gasteiger charge is -2.26. The van der Waals surface area contributed by atoms with Crippen molar-refractivity contribution in [3.8, 4) is 0 Å². The van der Waals surface area contributed by atoms with Crippen LogP contribution in [0.2, 0.25) is 0 Å². The summed E-state index contributed by atoms with van der Waals surface area (Å²) in [5, 5.41) is 6.70. The molecule has 0 aliphatic heterocycles. The molecule has 1 aromatic rings. The molecule has 5 nitrogen and oxygen atoms in total. The molecule has 1 aromatic carbocycles. The van der Waals surface area contributed by atoms with Gasteiger partial charge in [0.1, 0.15) is 0 Å². The van der Waals surface area contributed by atoms with E-state index in [0.717, 1.165) is 32.1 Å². The minimum absolute atomic E-state index is 0.298. The molecule has 0 bridgehead atoms. The van der Waals surface area contributed by atoms with E-state index in [1.165, 1.54) is 5.56 Å². The summed E-state index contributed by atoms with van der Waals surface area (Å²) in [5.74, 6) is 1.50. The number of aliphatic imine (C=N–C) groups is 1. The van der Waals surface area contributed by atoms with Crippen LogP contribution in [0, 0.1) is 5.92 Å². The highest BCUT2D eigenvalue weighted by Gasteiger charge is 2.14. The SMILES string of the molecule is CN=C(NCCOCCC(C)C)NCC(c1ccccc1)N(C)C. The Balaban J connectivity index is 2.34. The number of rotatable bonds is 10. The smallest absolute Gasteiger partial charge is 0.191 e. The van der Waals surface area contributed by atoms with Gasteiger partial charge in [0.15, 0.2) is 5.96 Å². The van der Waals surface area contributed by atoms with E-state index in [2.05, 4.69) is 72.7 Å². The van der Waals surface area contributed by atoms with Crippen LogP contribution >= 0.6 is 0 Å². The third kappa shape index (κ3) is 8.31. The van der Waals surface area contributed by atoms with Gasteiger partial charge in [0.25, 0.3) is 0 Å². The molecule has 0 amide bonds. The van der Waals surface area contributed by atoms with Crippen LogP contribution < -0.4 is 10.6 Å². The van der Waals surface area contributed by atoms with Gasteiger partial charge in [-0.25, -0.2) is 0 Å². The van der Waals surface area contributed by atoms with Crippen LogP contribution in [-0.4, -0.2) is 58.3 Å². The van der Waals surface area contributed by atoms with Crippen LogP contribution in [-0.2, 0) is 4.74 Å². The van der Waals surface area contributed by atoms with Gasteiger partial charge in [0, 0.05) is 26.7 Å². The van der Waals surface area contributed by atoms with Gasteiger partial charge in [-0.15, -0.1) is 0 Å². The first-order valence-corrected chi connectivity index (χ1v) is 8.78. The van der Waals surface area contributed by atoms with Gasteiger partial charge >= 0.3 is 0 Å². The highest BCUT2D eigenvalue weighted by atomic mass is 16.5. The summed E-state index contributed by atoms with van der Waals surface area (Å²) >= 11 is 0. The quantitative estimate of drug-likeness (QED) is 0.392. The van der Waals surface area contributed by atoms with Crippen molar-refractivity contribution < 1.29 is 4.74 Å². The summed E-state index contributed by atoms with van der Waals surface area (Å²) in [4.78, 5) is 6.49. The van der Waals surface area contributed by atoms with E-state index < -0.39 is 0 Å². The maximum absolute atomic E-state index is 5.62. The first-order chi connectivity index (χ1) is 11.5. The molecule has 136 valence electrons. The Morgan fingerprint density at radius 3 is 2.42 bits per heavy atom. The molecule has 0 spiro atoms. The molecule has 1 rings (SSSR count). The van der Waals surface area contributed by atoms with E-state index >= 15 is 0 Å². The van der Waals surface area contributed by atoms with Gasteiger partial charge in [-0.2, -0.15) is 0 Å². The Labute approximate surface area is 147 Å². The molecule has 0 saturated heterocycles. The Morgan fingerprint density at radius 2 is 1.83 bits per heavy atom. The highest BCUT2D eigenvalue weighted by Crippen LogP contribution is 2.16. The fraction of sp³-hybridized carbons (Fsp3) is 0.632. The van der Waals surface area contributed by atoms with E-state index in [1.54, 1.807) is 7.05 Å². The number of nitrogens with one attached hydrogen (secondary N) is 2. The average Bonchev–Trinajstić information content (AvgIpc) is 2.56. The van der Waals surface area contributed by atoms with E-state index in [0.29, 0.717) is 18.6 Å². The largest absolute Gasteiger partial charge is 0.380 e. The number of ether oxygens (including phenoxy) is 1. The highest BCUT2D eigenvalue weighted by molar-refractivity contribution is 5.79. The maximum atomic E-state index is 5.62. The van der Waals surface area contributed by atoms with Gasteiger partial charge in [0.05, 0.1) is 12.6 Å². The van der Waals surface area contributed by atoms with Gasteiger partial charge in [-0.1, -0.05) is 44.2 Å². The molecule has 0 radical (unpaired) electrons. The fourth-order valence-electron chi connectivity index (χ4n) is 2.35. The second-order valence-electron chi connectivity index (χ2n) is 6.56. The lowest BCUT2D eigenvalue weighted by molar-refractivity contribution is 0.128. The van der Waals surface area contributed by atoms with Crippen LogP contribution in [0.4, 0.5) is 0 Å². The topological polar surface area (TPSA) is 48.9 Å². The van der Waals surface area contributed by atoms with Crippen LogP contribution in [0.15, 0.2) is 35.3 Å². The molecule has 1 atom stereocenters. The zero-order chi connectivity index (χ0) is 17.8. The van der Waals surface area contributed by atoms with Crippen LogP contribution in [0.3, 0.4) is 0 Å². The van der Waals surface area contributed by atoms with Crippen LogP contribution in [0.25, 0.3) is 0 Å². The summed E-state index contributed by atoms with van der Waals surface area (Å²) in [6.45, 7) is 7.49. The van der Waals surface area contributed by atoms with Gasteiger partial charge in [-0.05, 0) is 32.0 Å². The number of hydrogen-bond acceptors (Lipinski definition) is 3. The molecule has 5 heteroatoms. The predicted octanol–water partition coefficient (Wildman–Crippen LogP) is 2.52. The van der Waals surface area contributed by atoms with Crippen LogP contribution in [0.1, 0.15) is 31.9 Å². The normalized spacial score (nSPS) is 13.4. The van der Waals surface area contributed by atoms with E-state index in [-0.39, 0.29) is 0 Å². The van der Waals surface area contributed by atoms with Crippen molar-refractivity contribution in [1.82, 2.24) is 15.5 Å². The van der Waals surface area contributed by atoms with E-state index in [4.69, 9.17) is 4.74 Å². The number of benzene rings is 1. The first kappa shape index (κ1) is 20.5.